The van der Waals surface area contributed by atoms with Gasteiger partial charge in [0.05, 0.1) is 12.2 Å². The fourth-order valence-electron chi connectivity index (χ4n) is 1.68. The largest absolute Gasteiger partial charge is 0.492 e. The van der Waals surface area contributed by atoms with E-state index < -0.39 is 0 Å². The second kappa shape index (κ2) is 6.63. The molecule has 1 heterocycles. The van der Waals surface area contributed by atoms with Crippen molar-refractivity contribution < 1.29 is 4.74 Å². The molecule has 0 aliphatic carbocycles. The molecule has 0 aliphatic heterocycles. The van der Waals surface area contributed by atoms with Crippen LogP contribution in [0.2, 0.25) is 0 Å². The van der Waals surface area contributed by atoms with Crippen molar-refractivity contribution in [2.75, 3.05) is 6.61 Å². The summed E-state index contributed by atoms with van der Waals surface area (Å²) in [6, 6.07) is 11.5. The van der Waals surface area contributed by atoms with Crippen molar-refractivity contribution in [3.63, 3.8) is 0 Å². The zero-order valence-corrected chi connectivity index (χ0v) is 12.6. The average Bonchev–Trinajstić information content (AvgIpc) is 2.39. The summed E-state index contributed by atoms with van der Waals surface area (Å²) in [7, 11) is 0. The lowest BCUT2D eigenvalue weighted by atomic mass is 10.2. The Bertz CT molecular complexity index is 575. The van der Waals surface area contributed by atoms with Crippen molar-refractivity contribution in [1.82, 2.24) is 4.98 Å². The Morgan fingerprint density at radius 3 is 2.79 bits per heavy atom. The van der Waals surface area contributed by atoms with Crippen LogP contribution < -0.4 is 10.5 Å². The molecule has 0 amide bonds. The van der Waals surface area contributed by atoms with E-state index in [1.54, 1.807) is 6.20 Å². The molecule has 0 saturated carbocycles. The van der Waals surface area contributed by atoms with Crippen LogP contribution in [0.25, 0.3) is 0 Å². The molecule has 0 radical (unpaired) electrons. The number of ether oxygens (including phenoxy) is 1. The van der Waals surface area contributed by atoms with E-state index in [9.17, 15) is 0 Å². The number of thiocarbonyl (C=S) groups is 1. The number of hydrogen-bond donors (Lipinski definition) is 1. The summed E-state index contributed by atoms with van der Waals surface area (Å²) in [5, 5.41) is 0. The number of pyridine rings is 1. The lowest BCUT2D eigenvalue weighted by molar-refractivity contribution is 0.320. The Labute approximate surface area is 125 Å². The van der Waals surface area contributed by atoms with Crippen molar-refractivity contribution in [3.8, 4) is 5.75 Å². The fourth-order valence-corrected chi connectivity index (χ4v) is 2.58. The first-order valence-electron chi connectivity index (χ1n) is 5.79. The smallest absolute Gasteiger partial charge is 0.130 e. The van der Waals surface area contributed by atoms with Crippen molar-refractivity contribution >= 4 is 33.1 Å². The van der Waals surface area contributed by atoms with Crippen molar-refractivity contribution in [2.24, 2.45) is 5.73 Å². The van der Waals surface area contributed by atoms with Gasteiger partial charge in [-0.2, -0.15) is 0 Å². The van der Waals surface area contributed by atoms with Gasteiger partial charge in [0.25, 0.3) is 0 Å². The Morgan fingerprint density at radius 2 is 2.11 bits per heavy atom. The van der Waals surface area contributed by atoms with Gasteiger partial charge in [-0.3, -0.25) is 4.98 Å². The maximum atomic E-state index is 5.75. The highest BCUT2D eigenvalue weighted by molar-refractivity contribution is 9.10. The van der Waals surface area contributed by atoms with Crippen LogP contribution in [-0.2, 0) is 6.42 Å². The molecule has 5 heteroatoms. The lowest BCUT2D eigenvalue weighted by Crippen LogP contribution is -2.13. The van der Waals surface area contributed by atoms with Crippen LogP contribution >= 0.6 is 28.1 Å². The van der Waals surface area contributed by atoms with E-state index in [4.69, 9.17) is 22.7 Å². The maximum absolute atomic E-state index is 5.75. The molecule has 2 aromatic rings. The molecular formula is C14H13BrN2OS. The van der Waals surface area contributed by atoms with Crippen molar-refractivity contribution in [2.45, 2.75) is 6.42 Å². The van der Waals surface area contributed by atoms with E-state index in [1.807, 2.05) is 36.4 Å². The minimum atomic E-state index is 0.320. The quantitative estimate of drug-likeness (QED) is 0.852. The molecule has 19 heavy (non-hydrogen) atoms. The highest BCUT2D eigenvalue weighted by Gasteiger charge is 2.10. The number of nitrogens with zero attached hydrogens (tertiary/aromatic N) is 1. The van der Waals surface area contributed by atoms with Gasteiger partial charge in [-0.25, -0.2) is 0 Å². The van der Waals surface area contributed by atoms with Crippen LogP contribution in [0.15, 0.2) is 47.1 Å². The van der Waals surface area contributed by atoms with E-state index in [1.165, 1.54) is 0 Å². The van der Waals surface area contributed by atoms with Crippen LogP contribution in [0.1, 0.15) is 11.3 Å². The summed E-state index contributed by atoms with van der Waals surface area (Å²) in [6.45, 7) is 0.531. The van der Waals surface area contributed by atoms with Gasteiger partial charge in [-0.15, -0.1) is 0 Å². The Kier molecular flexibility index (Phi) is 4.87. The topological polar surface area (TPSA) is 48.1 Å². The van der Waals surface area contributed by atoms with E-state index in [2.05, 4.69) is 20.9 Å². The number of benzene rings is 1. The van der Waals surface area contributed by atoms with Gasteiger partial charge in [-0.1, -0.05) is 24.4 Å². The Hall–Kier alpha value is -1.46. The summed E-state index contributed by atoms with van der Waals surface area (Å²) in [5.74, 6) is 0.692. The molecule has 0 bridgehead atoms. The molecule has 0 atom stereocenters. The highest BCUT2D eigenvalue weighted by Crippen LogP contribution is 2.26. The summed E-state index contributed by atoms with van der Waals surface area (Å²) in [4.78, 5) is 4.57. The second-order valence-electron chi connectivity index (χ2n) is 3.90. The third-order valence-corrected chi connectivity index (χ3v) is 3.43. The number of aromatic nitrogens is 1. The first kappa shape index (κ1) is 14.0. The summed E-state index contributed by atoms with van der Waals surface area (Å²) >= 11 is 8.46. The van der Waals surface area contributed by atoms with E-state index >= 15 is 0 Å². The maximum Gasteiger partial charge on any atom is 0.130 e. The zero-order valence-electron chi connectivity index (χ0n) is 10.2. The number of nitrogens with two attached hydrogens (primary N) is 1. The Morgan fingerprint density at radius 1 is 1.26 bits per heavy atom. The first-order valence-corrected chi connectivity index (χ1v) is 6.99. The van der Waals surface area contributed by atoms with E-state index in [0.717, 1.165) is 22.2 Å². The predicted molar refractivity (Wildman–Crippen MR) is 83.5 cm³/mol. The molecule has 0 saturated heterocycles. The van der Waals surface area contributed by atoms with Crippen LogP contribution in [-0.4, -0.2) is 16.6 Å². The number of halogens is 1. The molecule has 98 valence electrons. The third kappa shape index (κ3) is 3.75. The molecule has 0 fully saturated rings. The minimum absolute atomic E-state index is 0.320. The van der Waals surface area contributed by atoms with E-state index in [-0.39, 0.29) is 0 Å². The van der Waals surface area contributed by atoms with Gasteiger partial charge >= 0.3 is 0 Å². The van der Waals surface area contributed by atoms with Crippen molar-refractivity contribution in [3.05, 3.63) is 58.3 Å². The SMILES string of the molecule is NC(=S)c1c(Br)cccc1OCCc1ccccn1. The molecule has 0 spiro atoms. The highest BCUT2D eigenvalue weighted by atomic mass is 79.9. The first-order chi connectivity index (χ1) is 9.18. The average molecular weight is 337 g/mol. The molecule has 2 N–H and O–H groups in total. The van der Waals surface area contributed by atoms with Crippen LogP contribution in [0.3, 0.4) is 0 Å². The standard InChI is InChI=1S/C14H13BrN2OS/c15-11-5-3-6-12(13(11)14(16)19)18-9-7-10-4-1-2-8-17-10/h1-6,8H,7,9H2,(H2,16,19). The molecule has 0 unspecified atom stereocenters. The molecule has 0 aliphatic rings. The predicted octanol–water partition coefficient (Wildman–Crippen LogP) is 3.10. The Balaban J connectivity index is 2.04. The van der Waals surface area contributed by atoms with Gasteiger partial charge < -0.3 is 10.5 Å². The molecule has 1 aromatic heterocycles. The monoisotopic (exact) mass is 336 g/mol. The second-order valence-corrected chi connectivity index (χ2v) is 5.19. The zero-order chi connectivity index (χ0) is 13.7. The van der Waals surface area contributed by atoms with Gasteiger partial charge in [0.15, 0.2) is 0 Å². The van der Waals surface area contributed by atoms with Crippen LogP contribution in [0.4, 0.5) is 0 Å². The van der Waals surface area contributed by atoms with Gasteiger partial charge in [0, 0.05) is 22.8 Å². The normalized spacial score (nSPS) is 10.2. The van der Waals surface area contributed by atoms with Gasteiger partial charge in [0.2, 0.25) is 0 Å². The molecule has 1 aromatic carbocycles. The van der Waals surface area contributed by atoms with Gasteiger partial charge in [-0.05, 0) is 40.2 Å². The van der Waals surface area contributed by atoms with Crippen molar-refractivity contribution in [1.29, 1.82) is 0 Å². The fraction of sp³-hybridized carbons (Fsp3) is 0.143. The number of hydrogen-bond acceptors (Lipinski definition) is 3. The third-order valence-electron chi connectivity index (χ3n) is 2.56. The minimum Gasteiger partial charge on any atom is -0.492 e. The van der Waals surface area contributed by atoms with Crippen LogP contribution in [0, 0.1) is 0 Å². The van der Waals surface area contributed by atoms with Gasteiger partial charge in [0.1, 0.15) is 10.7 Å². The van der Waals surface area contributed by atoms with E-state index in [0.29, 0.717) is 17.3 Å². The van der Waals surface area contributed by atoms with Crippen LogP contribution in [0.5, 0.6) is 5.75 Å². The molecule has 2 rings (SSSR count). The summed E-state index contributed by atoms with van der Waals surface area (Å²) < 4.78 is 6.59. The molecular weight excluding hydrogens is 324 g/mol. The lowest BCUT2D eigenvalue weighted by Gasteiger charge is -2.11. The summed E-state index contributed by atoms with van der Waals surface area (Å²) in [6.07, 6.45) is 2.51. The number of rotatable bonds is 5. The summed E-state index contributed by atoms with van der Waals surface area (Å²) in [5.41, 5.74) is 7.44. The molecule has 3 nitrogen and oxygen atoms in total.